The van der Waals surface area contributed by atoms with Crippen molar-refractivity contribution in [2.45, 2.75) is 157 Å². The smallest absolute Gasteiger partial charge is 0.251 e. The molecule has 51 heavy (non-hydrogen) atoms. The van der Waals surface area contributed by atoms with Gasteiger partial charge in [-0.2, -0.15) is 0 Å². The van der Waals surface area contributed by atoms with Crippen molar-refractivity contribution >= 4 is 56.5 Å². The number of nitrogens with one attached hydrogen (secondary N) is 2. The minimum Gasteiger partial charge on any atom is -0.494 e. The van der Waals surface area contributed by atoms with Crippen molar-refractivity contribution in [1.29, 1.82) is 0 Å². The molecule has 2 aromatic carbocycles. The van der Waals surface area contributed by atoms with Crippen LogP contribution in [0.2, 0.25) is 10.0 Å². The van der Waals surface area contributed by atoms with Crippen molar-refractivity contribution in [2.24, 2.45) is 0 Å². The minimum atomic E-state index is -4.01. The molecule has 286 valence electrons. The molecule has 2 aromatic rings. The standard InChI is InChI=1S/C39H57Cl3N2O6S/c1-3-5-6-7-8-9-10-11-12-13-14-15-16-17-24-50-29-19-21-30(22-20-29)51(48,49)37(4-2)39(47)43-34-27-36(45)35(26-33(34)42)44-38(46)28-18-23-31(40)32(41)25-28/h18-23,25,33-37,45H,3-17,24,26-27H2,1-2H3,(H,43,47)(H,44,46). The molecule has 5 atom stereocenters. The molecule has 0 heterocycles. The third kappa shape index (κ3) is 14.4. The maximum atomic E-state index is 13.5. The molecule has 0 radical (unpaired) electrons. The van der Waals surface area contributed by atoms with Crippen LogP contribution in [0, 0.1) is 0 Å². The van der Waals surface area contributed by atoms with Crippen LogP contribution in [0.4, 0.5) is 0 Å². The zero-order valence-corrected chi connectivity index (χ0v) is 33.3. The topological polar surface area (TPSA) is 122 Å². The molecule has 12 heteroatoms. The lowest BCUT2D eigenvalue weighted by molar-refractivity contribution is -0.121. The first kappa shape index (κ1) is 43.4. The summed E-state index contributed by atoms with van der Waals surface area (Å²) in [6.45, 7) is 4.46. The van der Waals surface area contributed by atoms with Crippen LogP contribution in [0.5, 0.6) is 5.75 Å². The molecule has 2 amide bonds. The molecule has 0 bridgehead atoms. The van der Waals surface area contributed by atoms with Crippen LogP contribution in [-0.2, 0) is 14.6 Å². The molecule has 1 aliphatic rings. The number of carbonyl (C=O) groups is 2. The van der Waals surface area contributed by atoms with E-state index in [-0.39, 0.29) is 34.7 Å². The van der Waals surface area contributed by atoms with Gasteiger partial charge in [-0.25, -0.2) is 8.42 Å². The van der Waals surface area contributed by atoms with Gasteiger partial charge in [0.05, 0.1) is 39.1 Å². The van der Waals surface area contributed by atoms with Crippen molar-refractivity contribution in [2.75, 3.05) is 6.61 Å². The van der Waals surface area contributed by atoms with E-state index < -0.39 is 50.5 Å². The van der Waals surface area contributed by atoms with E-state index in [1.165, 1.54) is 107 Å². The van der Waals surface area contributed by atoms with Gasteiger partial charge in [-0.15, -0.1) is 11.6 Å². The van der Waals surface area contributed by atoms with Crippen LogP contribution >= 0.6 is 34.8 Å². The normalized spacial score (nSPS) is 19.7. The number of sulfone groups is 1. The zero-order chi connectivity index (χ0) is 37.2. The Kier molecular flexibility index (Phi) is 19.5. The molecule has 0 spiro atoms. The summed E-state index contributed by atoms with van der Waals surface area (Å²) in [5, 5.41) is 14.9. The van der Waals surface area contributed by atoms with Gasteiger partial charge in [0, 0.05) is 11.6 Å². The van der Waals surface area contributed by atoms with Crippen LogP contribution in [0.25, 0.3) is 0 Å². The van der Waals surface area contributed by atoms with Crippen molar-refractivity contribution < 1.29 is 27.9 Å². The average Bonchev–Trinajstić information content (AvgIpc) is 3.10. The van der Waals surface area contributed by atoms with E-state index in [4.69, 9.17) is 39.5 Å². The van der Waals surface area contributed by atoms with E-state index in [2.05, 4.69) is 17.6 Å². The predicted octanol–water partition coefficient (Wildman–Crippen LogP) is 9.45. The highest BCUT2D eigenvalue weighted by atomic mass is 35.5. The molecular formula is C39H57Cl3N2O6S. The Morgan fingerprint density at radius 2 is 1.35 bits per heavy atom. The van der Waals surface area contributed by atoms with Crippen molar-refractivity contribution in [3.63, 3.8) is 0 Å². The molecule has 1 aliphatic carbocycles. The van der Waals surface area contributed by atoms with E-state index in [9.17, 15) is 23.1 Å². The lowest BCUT2D eigenvalue weighted by Gasteiger charge is -2.37. The van der Waals surface area contributed by atoms with Gasteiger partial charge in [0.1, 0.15) is 11.0 Å². The second-order valence-corrected chi connectivity index (χ2v) is 17.2. The number of ether oxygens (including phenoxy) is 1. The Hall–Kier alpha value is -2.04. The molecule has 0 saturated heterocycles. The quantitative estimate of drug-likeness (QED) is 0.0763. The first-order chi connectivity index (χ1) is 24.5. The summed E-state index contributed by atoms with van der Waals surface area (Å²) in [7, 11) is -4.01. The van der Waals surface area contributed by atoms with Crippen molar-refractivity contribution in [1.82, 2.24) is 10.6 Å². The first-order valence-corrected chi connectivity index (χ1v) is 21.6. The maximum Gasteiger partial charge on any atom is 0.251 e. The Labute approximate surface area is 320 Å². The molecule has 5 unspecified atom stereocenters. The summed E-state index contributed by atoms with van der Waals surface area (Å²) in [5.74, 6) is -0.549. The van der Waals surface area contributed by atoms with Gasteiger partial charge >= 0.3 is 0 Å². The fraction of sp³-hybridized carbons (Fsp3) is 0.641. The Balaban J connectivity index is 1.38. The van der Waals surface area contributed by atoms with Gasteiger partial charge in [-0.3, -0.25) is 9.59 Å². The zero-order valence-electron chi connectivity index (χ0n) is 30.2. The number of amides is 2. The third-order valence-electron chi connectivity index (χ3n) is 9.66. The summed E-state index contributed by atoms with van der Waals surface area (Å²) in [6, 6.07) is 9.29. The monoisotopic (exact) mass is 786 g/mol. The van der Waals surface area contributed by atoms with Crippen LogP contribution in [-0.4, -0.2) is 60.8 Å². The van der Waals surface area contributed by atoms with Crippen LogP contribution in [0.15, 0.2) is 47.4 Å². The largest absolute Gasteiger partial charge is 0.494 e. The summed E-state index contributed by atoms with van der Waals surface area (Å²) in [5.41, 5.74) is 0.277. The molecule has 3 rings (SSSR count). The van der Waals surface area contributed by atoms with E-state index in [0.29, 0.717) is 17.4 Å². The highest BCUT2D eigenvalue weighted by Crippen LogP contribution is 2.28. The minimum absolute atomic E-state index is 0.0320. The fourth-order valence-corrected chi connectivity index (χ4v) is 8.82. The number of unbranched alkanes of at least 4 members (excludes halogenated alkanes) is 13. The summed E-state index contributed by atoms with van der Waals surface area (Å²) in [6.07, 6.45) is 17.2. The van der Waals surface area contributed by atoms with Crippen LogP contribution in [0.3, 0.4) is 0 Å². The molecular weight excluding hydrogens is 731 g/mol. The van der Waals surface area contributed by atoms with E-state index in [1.807, 2.05) is 0 Å². The second-order valence-electron chi connectivity index (χ2n) is 13.7. The summed E-state index contributed by atoms with van der Waals surface area (Å²) in [4.78, 5) is 26.1. The maximum absolute atomic E-state index is 13.5. The molecule has 0 aromatic heterocycles. The predicted molar refractivity (Wildman–Crippen MR) is 208 cm³/mol. The van der Waals surface area contributed by atoms with Crippen LogP contribution in [0.1, 0.15) is 133 Å². The average molecular weight is 788 g/mol. The number of aliphatic hydroxyl groups excluding tert-OH is 1. The SMILES string of the molecule is CCCCCCCCCCCCCCCCOc1ccc(S(=O)(=O)C(CC)C(=O)NC2CC(O)C(NC(=O)c3ccc(Cl)c(Cl)c3)CC2Cl)cc1. The van der Waals surface area contributed by atoms with Crippen LogP contribution < -0.4 is 15.4 Å². The van der Waals surface area contributed by atoms with Crippen molar-refractivity contribution in [3.8, 4) is 5.75 Å². The summed E-state index contributed by atoms with van der Waals surface area (Å²) < 4.78 is 32.9. The van der Waals surface area contributed by atoms with Crippen molar-refractivity contribution in [3.05, 3.63) is 58.1 Å². The lowest BCUT2D eigenvalue weighted by atomic mass is 9.87. The number of carbonyl (C=O) groups excluding carboxylic acids is 2. The number of rotatable bonds is 23. The van der Waals surface area contributed by atoms with Gasteiger partial charge in [-0.05, 0) is 68.1 Å². The Morgan fingerprint density at radius 1 is 0.784 bits per heavy atom. The number of benzene rings is 2. The number of alkyl halides is 1. The summed E-state index contributed by atoms with van der Waals surface area (Å²) >= 11 is 18.6. The second kappa shape index (κ2) is 22.9. The highest BCUT2D eigenvalue weighted by Gasteiger charge is 2.40. The highest BCUT2D eigenvalue weighted by molar-refractivity contribution is 7.92. The molecule has 1 fully saturated rings. The Morgan fingerprint density at radius 3 is 1.90 bits per heavy atom. The number of halogens is 3. The van der Waals surface area contributed by atoms with E-state index in [1.54, 1.807) is 19.1 Å². The van der Waals surface area contributed by atoms with Gasteiger partial charge in [0.15, 0.2) is 9.84 Å². The third-order valence-corrected chi connectivity index (χ3v) is 13.1. The molecule has 1 saturated carbocycles. The van der Waals surface area contributed by atoms with Gasteiger partial charge in [0.25, 0.3) is 5.91 Å². The fourth-order valence-electron chi connectivity index (χ4n) is 6.53. The van der Waals surface area contributed by atoms with Gasteiger partial charge < -0.3 is 20.5 Å². The number of aliphatic hydroxyl groups is 1. The van der Waals surface area contributed by atoms with E-state index in [0.717, 1.165) is 12.8 Å². The lowest BCUT2D eigenvalue weighted by Crippen LogP contribution is -2.57. The number of hydrogen-bond acceptors (Lipinski definition) is 6. The Bertz CT molecular complexity index is 1460. The molecule has 8 nitrogen and oxygen atoms in total. The molecule has 3 N–H and O–H groups in total. The van der Waals surface area contributed by atoms with Gasteiger partial charge in [-0.1, -0.05) is 121 Å². The number of hydrogen-bond donors (Lipinski definition) is 3. The molecule has 0 aliphatic heterocycles. The van der Waals surface area contributed by atoms with E-state index >= 15 is 0 Å². The first-order valence-electron chi connectivity index (χ1n) is 18.8. The van der Waals surface area contributed by atoms with Gasteiger partial charge in [0.2, 0.25) is 5.91 Å².